The molecule has 0 amide bonds. The van der Waals surface area contributed by atoms with E-state index in [1.165, 1.54) is 16.9 Å². The lowest BCUT2D eigenvalue weighted by Crippen LogP contribution is -2.51. The van der Waals surface area contributed by atoms with Gasteiger partial charge in [0.05, 0.1) is 18.2 Å². The van der Waals surface area contributed by atoms with Crippen molar-refractivity contribution in [3.63, 3.8) is 0 Å². The highest BCUT2D eigenvalue weighted by molar-refractivity contribution is 5.69. The molecular formula is C25H27N3O. The zero-order valence-corrected chi connectivity index (χ0v) is 17.5. The van der Waals surface area contributed by atoms with Gasteiger partial charge in [0.25, 0.3) is 0 Å². The number of hydrogen-bond donors (Lipinski definition) is 0. The second-order valence-corrected chi connectivity index (χ2v) is 8.37. The zero-order chi connectivity index (χ0) is 20.6. The SMILES string of the molecule is CN(C)c1ccc(C=CC=CC23OCCN2c2ccc(C#N)cc2C3(C)C)cc1. The van der Waals surface area contributed by atoms with E-state index in [0.29, 0.717) is 12.2 Å². The Labute approximate surface area is 173 Å². The van der Waals surface area contributed by atoms with E-state index >= 15 is 0 Å². The van der Waals surface area contributed by atoms with Crippen LogP contribution in [-0.4, -0.2) is 33.0 Å². The van der Waals surface area contributed by atoms with Crippen molar-refractivity contribution in [2.75, 3.05) is 37.0 Å². The Morgan fingerprint density at radius 1 is 1.10 bits per heavy atom. The Bertz CT molecular complexity index is 1010. The number of ether oxygens (including phenoxy) is 1. The molecule has 2 aromatic carbocycles. The Morgan fingerprint density at radius 2 is 1.86 bits per heavy atom. The third kappa shape index (κ3) is 3.03. The van der Waals surface area contributed by atoms with Crippen molar-refractivity contribution in [3.05, 3.63) is 77.4 Å². The number of allylic oxidation sites excluding steroid dienone is 2. The summed E-state index contributed by atoms with van der Waals surface area (Å²) in [5.41, 5.74) is 4.59. The fraction of sp³-hybridized carbons (Fsp3) is 0.320. The van der Waals surface area contributed by atoms with Crippen LogP contribution in [0.5, 0.6) is 0 Å². The summed E-state index contributed by atoms with van der Waals surface area (Å²) >= 11 is 0. The molecule has 4 rings (SSSR count). The predicted octanol–water partition coefficient (Wildman–Crippen LogP) is 4.72. The molecular weight excluding hydrogens is 358 g/mol. The summed E-state index contributed by atoms with van der Waals surface area (Å²) in [6, 6.07) is 16.7. The molecule has 0 spiro atoms. The second kappa shape index (κ2) is 7.09. The van der Waals surface area contributed by atoms with E-state index in [0.717, 1.165) is 12.1 Å². The molecule has 1 unspecified atom stereocenters. The molecule has 0 aliphatic carbocycles. The summed E-state index contributed by atoms with van der Waals surface area (Å²) < 4.78 is 6.35. The van der Waals surface area contributed by atoms with Crippen molar-refractivity contribution in [1.29, 1.82) is 5.26 Å². The molecule has 29 heavy (non-hydrogen) atoms. The van der Waals surface area contributed by atoms with Crippen molar-refractivity contribution in [1.82, 2.24) is 0 Å². The molecule has 0 radical (unpaired) electrons. The van der Waals surface area contributed by atoms with Crippen LogP contribution in [0.4, 0.5) is 11.4 Å². The fourth-order valence-electron chi connectivity index (χ4n) is 4.47. The van der Waals surface area contributed by atoms with Gasteiger partial charge in [0.1, 0.15) is 0 Å². The molecule has 148 valence electrons. The van der Waals surface area contributed by atoms with Crippen molar-refractivity contribution in [2.45, 2.75) is 25.0 Å². The molecule has 0 N–H and O–H groups in total. The van der Waals surface area contributed by atoms with Gasteiger partial charge in [0.2, 0.25) is 0 Å². The lowest BCUT2D eigenvalue weighted by atomic mass is 9.77. The summed E-state index contributed by atoms with van der Waals surface area (Å²) in [5, 5.41) is 9.31. The Hall–Kier alpha value is -3.03. The van der Waals surface area contributed by atoms with E-state index in [-0.39, 0.29) is 5.41 Å². The van der Waals surface area contributed by atoms with Crippen LogP contribution in [0.1, 0.15) is 30.5 Å². The molecule has 2 heterocycles. The minimum atomic E-state index is -0.525. The molecule has 1 saturated heterocycles. The summed E-state index contributed by atoms with van der Waals surface area (Å²) in [5.74, 6) is 0. The van der Waals surface area contributed by atoms with Crippen LogP contribution in [0.2, 0.25) is 0 Å². The molecule has 1 fully saturated rings. The molecule has 1 atom stereocenters. The number of anilines is 2. The van der Waals surface area contributed by atoms with Crippen LogP contribution in [0.15, 0.2) is 60.7 Å². The van der Waals surface area contributed by atoms with E-state index in [2.05, 4.69) is 84.4 Å². The largest absolute Gasteiger partial charge is 0.378 e. The van der Waals surface area contributed by atoms with Crippen molar-refractivity contribution in [2.24, 2.45) is 0 Å². The number of rotatable bonds is 4. The van der Waals surface area contributed by atoms with Crippen LogP contribution in [-0.2, 0) is 10.2 Å². The molecule has 0 aromatic heterocycles. The Morgan fingerprint density at radius 3 is 2.55 bits per heavy atom. The van der Waals surface area contributed by atoms with Crippen LogP contribution in [0.25, 0.3) is 6.08 Å². The minimum Gasteiger partial charge on any atom is -0.378 e. The Kier molecular flexibility index (Phi) is 4.72. The molecule has 0 saturated carbocycles. The first-order valence-corrected chi connectivity index (χ1v) is 9.98. The van der Waals surface area contributed by atoms with Crippen molar-refractivity contribution < 1.29 is 4.74 Å². The number of benzene rings is 2. The molecule has 0 bridgehead atoms. The predicted molar refractivity (Wildman–Crippen MR) is 119 cm³/mol. The summed E-state index contributed by atoms with van der Waals surface area (Å²) in [7, 11) is 4.09. The van der Waals surface area contributed by atoms with Gasteiger partial charge in [-0.05, 0) is 47.5 Å². The lowest BCUT2D eigenvalue weighted by molar-refractivity contribution is -0.000294. The highest BCUT2D eigenvalue weighted by Crippen LogP contribution is 2.55. The number of fused-ring (bicyclic) bond motifs is 3. The number of hydrogen-bond acceptors (Lipinski definition) is 4. The van der Waals surface area contributed by atoms with Crippen molar-refractivity contribution >= 4 is 17.5 Å². The molecule has 4 nitrogen and oxygen atoms in total. The average molecular weight is 386 g/mol. The summed E-state index contributed by atoms with van der Waals surface area (Å²) in [6.07, 6.45) is 8.42. The zero-order valence-electron chi connectivity index (χ0n) is 17.5. The minimum absolute atomic E-state index is 0.261. The van der Waals surface area contributed by atoms with Gasteiger partial charge < -0.3 is 14.5 Å². The van der Waals surface area contributed by atoms with Gasteiger partial charge in [-0.1, -0.05) is 44.2 Å². The maximum atomic E-state index is 9.31. The monoisotopic (exact) mass is 385 g/mol. The van der Waals surface area contributed by atoms with E-state index < -0.39 is 5.72 Å². The molecule has 2 aromatic rings. The number of nitrogens with zero attached hydrogens (tertiary/aromatic N) is 3. The standard InChI is InChI=1S/C25H27N3O/c1-24(2)22-17-20(18-26)10-13-23(22)28-15-16-29-25(24,28)14-6-5-7-19-8-11-21(12-9-19)27(3)4/h5-14,17H,15-16H2,1-4H3. The van der Waals surface area contributed by atoms with Gasteiger partial charge in [-0.25, -0.2) is 0 Å². The smallest absolute Gasteiger partial charge is 0.170 e. The topological polar surface area (TPSA) is 39.5 Å². The van der Waals surface area contributed by atoms with Gasteiger partial charge >= 0.3 is 0 Å². The van der Waals surface area contributed by atoms with Crippen LogP contribution >= 0.6 is 0 Å². The molecule has 2 aliphatic heterocycles. The second-order valence-electron chi connectivity index (χ2n) is 8.37. The van der Waals surface area contributed by atoms with Gasteiger partial charge in [0.15, 0.2) is 5.72 Å². The average Bonchev–Trinajstić information content (AvgIpc) is 3.22. The highest BCUT2D eigenvalue weighted by atomic mass is 16.5. The normalized spacial score (nSPS) is 22.1. The first-order chi connectivity index (χ1) is 13.9. The first kappa shape index (κ1) is 19.3. The fourth-order valence-corrected chi connectivity index (χ4v) is 4.47. The third-order valence-electron chi connectivity index (χ3n) is 6.15. The summed E-state index contributed by atoms with van der Waals surface area (Å²) in [4.78, 5) is 4.43. The van der Waals surface area contributed by atoms with Gasteiger partial charge in [0, 0.05) is 37.4 Å². The van der Waals surface area contributed by atoms with E-state index in [4.69, 9.17) is 4.74 Å². The van der Waals surface area contributed by atoms with Crippen LogP contribution < -0.4 is 9.80 Å². The Balaban J connectivity index is 1.61. The molecule has 2 aliphatic rings. The summed E-state index contributed by atoms with van der Waals surface area (Å²) in [6.45, 7) is 5.95. The van der Waals surface area contributed by atoms with E-state index in [1.54, 1.807) is 0 Å². The van der Waals surface area contributed by atoms with Gasteiger partial charge in [-0.2, -0.15) is 5.26 Å². The van der Waals surface area contributed by atoms with Crippen LogP contribution in [0.3, 0.4) is 0 Å². The highest BCUT2D eigenvalue weighted by Gasteiger charge is 2.59. The van der Waals surface area contributed by atoms with Gasteiger partial charge in [-0.15, -0.1) is 0 Å². The lowest BCUT2D eigenvalue weighted by Gasteiger charge is -2.39. The third-order valence-corrected chi connectivity index (χ3v) is 6.15. The quantitative estimate of drug-likeness (QED) is 0.714. The van der Waals surface area contributed by atoms with E-state index in [1.807, 2.05) is 26.2 Å². The maximum absolute atomic E-state index is 9.31. The number of nitriles is 1. The molecule has 4 heteroatoms. The van der Waals surface area contributed by atoms with Crippen molar-refractivity contribution in [3.8, 4) is 6.07 Å². The van der Waals surface area contributed by atoms with E-state index in [9.17, 15) is 5.26 Å². The van der Waals surface area contributed by atoms with Crippen LogP contribution in [0, 0.1) is 11.3 Å². The van der Waals surface area contributed by atoms with Gasteiger partial charge in [-0.3, -0.25) is 0 Å². The first-order valence-electron chi connectivity index (χ1n) is 9.98. The maximum Gasteiger partial charge on any atom is 0.170 e.